The van der Waals surface area contributed by atoms with Crippen LogP contribution in [0, 0.1) is 0 Å². The highest BCUT2D eigenvalue weighted by Gasteiger charge is 2.56. The van der Waals surface area contributed by atoms with Crippen molar-refractivity contribution in [1.29, 1.82) is 0 Å². The summed E-state index contributed by atoms with van der Waals surface area (Å²) in [6, 6.07) is 0. The van der Waals surface area contributed by atoms with E-state index in [9.17, 15) is 4.79 Å². The molecule has 1 fully saturated rings. The van der Waals surface area contributed by atoms with Gasteiger partial charge in [0.2, 0.25) is 0 Å². The molecule has 1 aliphatic heterocycles. The topological polar surface area (TPSA) is 32.7 Å². The Morgan fingerprint density at radius 2 is 2.23 bits per heavy atom. The maximum absolute atomic E-state index is 11.9. The van der Waals surface area contributed by atoms with Gasteiger partial charge in [0.05, 0.1) is 6.34 Å². The maximum atomic E-state index is 11.9. The van der Waals surface area contributed by atoms with E-state index >= 15 is 0 Å². The van der Waals surface area contributed by atoms with Gasteiger partial charge in [-0.2, -0.15) is 0 Å². The van der Waals surface area contributed by atoms with Crippen LogP contribution in [0.1, 0.15) is 40.0 Å². The van der Waals surface area contributed by atoms with Crippen LogP contribution in [0.4, 0.5) is 0 Å². The van der Waals surface area contributed by atoms with Crippen molar-refractivity contribution < 1.29 is 4.79 Å². The smallest absolute Gasteiger partial charge is 0.256 e. The van der Waals surface area contributed by atoms with Crippen molar-refractivity contribution in [3.8, 4) is 0 Å². The molecule has 0 unspecified atom stereocenters. The number of hydrogen-bond donors (Lipinski definition) is 0. The summed E-state index contributed by atoms with van der Waals surface area (Å²) in [4.78, 5) is 18.0. The molecule has 1 aliphatic carbocycles. The van der Waals surface area contributed by atoms with Gasteiger partial charge in [0.25, 0.3) is 5.91 Å². The van der Waals surface area contributed by atoms with Crippen LogP contribution >= 0.6 is 0 Å². The van der Waals surface area contributed by atoms with Crippen molar-refractivity contribution in [2.75, 3.05) is 0 Å². The van der Waals surface area contributed by atoms with Crippen LogP contribution in [0.2, 0.25) is 0 Å². The minimum absolute atomic E-state index is 0.0767. The van der Waals surface area contributed by atoms with Crippen molar-refractivity contribution in [3.05, 3.63) is 0 Å². The number of aliphatic imine (C=N–C) groups is 1. The maximum Gasteiger partial charge on any atom is 0.256 e. The predicted molar refractivity (Wildman–Crippen MR) is 51.7 cm³/mol. The summed E-state index contributed by atoms with van der Waals surface area (Å²) in [6.07, 6.45) is 4.58. The fraction of sp³-hybridized carbons (Fsp3) is 0.800. The number of carbonyl (C=O) groups is 1. The number of carbonyl (C=O) groups excluding carboxylic acids is 1. The Morgan fingerprint density at radius 1 is 1.62 bits per heavy atom. The zero-order chi connectivity index (χ0) is 9.69. The quantitative estimate of drug-likeness (QED) is 0.635. The lowest BCUT2D eigenvalue weighted by molar-refractivity contribution is -0.131. The predicted octanol–water partition coefficient (Wildman–Crippen LogP) is 1.58. The van der Waals surface area contributed by atoms with Gasteiger partial charge in [-0.1, -0.05) is 6.92 Å². The van der Waals surface area contributed by atoms with Crippen molar-refractivity contribution in [2.45, 2.75) is 51.1 Å². The number of hydrogen-bond acceptors (Lipinski definition) is 2. The first-order valence-corrected chi connectivity index (χ1v) is 4.91. The fourth-order valence-corrected chi connectivity index (χ4v) is 1.56. The third-order valence-corrected chi connectivity index (χ3v) is 3.28. The molecule has 13 heavy (non-hydrogen) atoms. The van der Waals surface area contributed by atoms with Gasteiger partial charge in [-0.05, 0) is 33.1 Å². The minimum atomic E-state index is -0.313. The second-order valence-corrected chi connectivity index (χ2v) is 4.62. The van der Waals surface area contributed by atoms with Crippen molar-refractivity contribution in [3.63, 3.8) is 0 Å². The van der Waals surface area contributed by atoms with E-state index < -0.39 is 0 Å². The van der Waals surface area contributed by atoms with E-state index in [-0.39, 0.29) is 17.0 Å². The first-order chi connectivity index (χ1) is 6.02. The highest BCUT2D eigenvalue weighted by atomic mass is 16.2. The summed E-state index contributed by atoms with van der Waals surface area (Å²) in [5.74, 6) is 0.208. The van der Waals surface area contributed by atoms with Gasteiger partial charge in [0, 0.05) is 5.54 Å². The highest BCUT2D eigenvalue weighted by Crippen LogP contribution is 2.45. The van der Waals surface area contributed by atoms with E-state index in [1.807, 2.05) is 0 Å². The van der Waals surface area contributed by atoms with Gasteiger partial charge in [0.1, 0.15) is 5.54 Å². The molecule has 2 rings (SSSR count). The summed E-state index contributed by atoms with van der Waals surface area (Å²) in [5.41, 5.74) is -0.390. The molecule has 0 radical (unpaired) electrons. The third kappa shape index (κ3) is 1.10. The second kappa shape index (κ2) is 2.34. The monoisotopic (exact) mass is 180 g/mol. The van der Waals surface area contributed by atoms with Gasteiger partial charge in [-0.25, -0.2) is 0 Å². The van der Waals surface area contributed by atoms with Gasteiger partial charge in [-0.15, -0.1) is 0 Å². The average molecular weight is 180 g/mol. The van der Waals surface area contributed by atoms with Crippen LogP contribution < -0.4 is 0 Å². The molecule has 0 aromatic heterocycles. The molecule has 0 N–H and O–H groups in total. The van der Waals surface area contributed by atoms with E-state index in [0.29, 0.717) is 0 Å². The molecule has 0 aromatic rings. The Bertz CT molecular complexity index is 277. The van der Waals surface area contributed by atoms with E-state index in [4.69, 9.17) is 0 Å². The van der Waals surface area contributed by atoms with Crippen LogP contribution in [0.25, 0.3) is 0 Å². The molecule has 0 bridgehead atoms. The molecule has 0 atom stereocenters. The number of amides is 1. The molecule has 1 spiro atoms. The molecule has 3 heteroatoms. The van der Waals surface area contributed by atoms with E-state index in [0.717, 1.165) is 19.3 Å². The Balaban J connectivity index is 2.20. The van der Waals surface area contributed by atoms with Crippen LogP contribution in [-0.4, -0.2) is 28.2 Å². The normalized spacial score (nSPS) is 24.5. The zero-order valence-electron chi connectivity index (χ0n) is 8.50. The molecular formula is C10H16N2O. The lowest BCUT2D eigenvalue weighted by atomic mass is 9.99. The van der Waals surface area contributed by atoms with Crippen LogP contribution in [0.3, 0.4) is 0 Å². The van der Waals surface area contributed by atoms with Crippen molar-refractivity contribution in [1.82, 2.24) is 4.90 Å². The summed E-state index contributed by atoms with van der Waals surface area (Å²) in [5, 5.41) is 0. The Morgan fingerprint density at radius 3 is 2.62 bits per heavy atom. The fourth-order valence-electron chi connectivity index (χ4n) is 1.56. The van der Waals surface area contributed by atoms with Crippen LogP contribution in [-0.2, 0) is 4.79 Å². The lowest BCUT2D eigenvalue weighted by Crippen LogP contribution is -2.46. The number of rotatable bonds is 2. The van der Waals surface area contributed by atoms with Crippen LogP contribution in [0.15, 0.2) is 4.99 Å². The largest absolute Gasteiger partial charge is 0.295 e. The standard InChI is InChI=1S/C10H16N2O/c1-4-9(2,3)12-7-11-10(5-6-10)8(12)13/h7H,4-6H2,1-3H3. The lowest BCUT2D eigenvalue weighted by Gasteiger charge is -2.32. The Kier molecular flexibility index (Phi) is 1.57. The van der Waals surface area contributed by atoms with Gasteiger partial charge in [0.15, 0.2) is 0 Å². The first kappa shape index (κ1) is 8.73. The highest BCUT2D eigenvalue weighted by molar-refractivity contribution is 6.02. The van der Waals surface area contributed by atoms with Crippen LogP contribution in [0.5, 0.6) is 0 Å². The van der Waals surface area contributed by atoms with E-state index in [1.165, 1.54) is 0 Å². The Hall–Kier alpha value is -0.860. The average Bonchev–Trinajstić information content (AvgIpc) is 2.77. The first-order valence-electron chi connectivity index (χ1n) is 4.91. The summed E-state index contributed by atoms with van der Waals surface area (Å²) < 4.78 is 0. The summed E-state index contributed by atoms with van der Waals surface area (Å²) >= 11 is 0. The molecule has 2 aliphatic rings. The van der Waals surface area contributed by atoms with Gasteiger partial charge >= 0.3 is 0 Å². The zero-order valence-corrected chi connectivity index (χ0v) is 8.50. The van der Waals surface area contributed by atoms with Crippen molar-refractivity contribution in [2.24, 2.45) is 4.99 Å². The Labute approximate surface area is 78.8 Å². The third-order valence-electron chi connectivity index (χ3n) is 3.28. The molecule has 3 nitrogen and oxygen atoms in total. The molecule has 0 aromatic carbocycles. The van der Waals surface area contributed by atoms with Gasteiger partial charge in [-0.3, -0.25) is 14.7 Å². The van der Waals surface area contributed by atoms with Gasteiger partial charge < -0.3 is 0 Å². The molecule has 1 amide bonds. The minimum Gasteiger partial charge on any atom is -0.295 e. The molecular weight excluding hydrogens is 164 g/mol. The van der Waals surface area contributed by atoms with Crippen molar-refractivity contribution >= 4 is 12.2 Å². The molecule has 72 valence electrons. The summed E-state index contributed by atoms with van der Waals surface area (Å²) in [7, 11) is 0. The van der Waals surface area contributed by atoms with E-state index in [1.54, 1.807) is 11.2 Å². The number of nitrogens with zero attached hydrogens (tertiary/aromatic N) is 2. The summed E-state index contributed by atoms with van der Waals surface area (Å²) in [6.45, 7) is 6.26. The molecule has 1 saturated carbocycles. The SMILES string of the molecule is CCC(C)(C)N1C=NC2(CC2)C1=O. The second-order valence-electron chi connectivity index (χ2n) is 4.62. The molecule has 0 saturated heterocycles. The molecule has 1 heterocycles. The van der Waals surface area contributed by atoms with E-state index in [2.05, 4.69) is 25.8 Å².